The van der Waals surface area contributed by atoms with E-state index in [0.717, 1.165) is 0 Å². The van der Waals surface area contributed by atoms with Crippen molar-refractivity contribution in [3.8, 4) is 12.3 Å². The van der Waals surface area contributed by atoms with Crippen molar-refractivity contribution in [2.45, 2.75) is 19.4 Å². The van der Waals surface area contributed by atoms with Crippen LogP contribution < -0.4 is 11.1 Å². The van der Waals surface area contributed by atoms with Gasteiger partial charge in [-0.2, -0.15) is 0 Å². The summed E-state index contributed by atoms with van der Waals surface area (Å²) in [5.41, 5.74) is 6.51. The first-order valence-corrected chi connectivity index (χ1v) is 5.20. The van der Waals surface area contributed by atoms with Crippen LogP contribution in [0, 0.1) is 29.4 Å². The Hall–Kier alpha value is -2.39. The summed E-state index contributed by atoms with van der Waals surface area (Å²) in [5, 5.41) is 13.2. The van der Waals surface area contributed by atoms with Crippen LogP contribution in [0.2, 0.25) is 0 Å². The summed E-state index contributed by atoms with van der Waals surface area (Å²) in [5.74, 6) is 1.82. The SMILES string of the molecule is C#CCC(N)C(=O)Nc1cc([N+](=O)[O-])ccc1C. The standard InChI is InChI=1S/C12H13N3O3/c1-3-4-10(13)12(16)14-11-7-9(15(17)18)6-5-8(11)2/h1,5-7,10H,4,13H2,2H3,(H,14,16). The summed E-state index contributed by atoms with van der Waals surface area (Å²) in [6.45, 7) is 1.73. The lowest BCUT2D eigenvalue weighted by Crippen LogP contribution is -2.35. The molecule has 6 nitrogen and oxygen atoms in total. The van der Waals surface area contributed by atoms with Crippen molar-refractivity contribution in [3.63, 3.8) is 0 Å². The number of carbonyl (C=O) groups is 1. The van der Waals surface area contributed by atoms with E-state index in [9.17, 15) is 14.9 Å². The number of rotatable bonds is 4. The lowest BCUT2D eigenvalue weighted by Gasteiger charge is -2.11. The minimum absolute atomic E-state index is 0.0959. The van der Waals surface area contributed by atoms with Gasteiger partial charge >= 0.3 is 0 Å². The van der Waals surface area contributed by atoms with E-state index < -0.39 is 16.9 Å². The molecule has 1 atom stereocenters. The second-order valence-electron chi connectivity index (χ2n) is 3.76. The van der Waals surface area contributed by atoms with Gasteiger partial charge in [-0.15, -0.1) is 12.3 Å². The molecule has 1 amide bonds. The van der Waals surface area contributed by atoms with Crippen LogP contribution in [0.3, 0.4) is 0 Å². The molecule has 18 heavy (non-hydrogen) atoms. The van der Waals surface area contributed by atoms with Gasteiger partial charge < -0.3 is 11.1 Å². The first kappa shape index (κ1) is 13.7. The summed E-state index contributed by atoms with van der Waals surface area (Å²) in [6.07, 6.45) is 5.17. The first-order chi connectivity index (χ1) is 8.45. The number of carbonyl (C=O) groups excluding carboxylic acids is 1. The normalized spacial score (nSPS) is 11.4. The number of amides is 1. The van der Waals surface area contributed by atoms with E-state index >= 15 is 0 Å². The van der Waals surface area contributed by atoms with Crippen molar-refractivity contribution in [1.29, 1.82) is 0 Å². The molecule has 3 N–H and O–H groups in total. The molecule has 0 bridgehead atoms. The van der Waals surface area contributed by atoms with E-state index in [2.05, 4.69) is 11.2 Å². The molecule has 0 spiro atoms. The molecule has 0 saturated carbocycles. The molecule has 0 aromatic heterocycles. The number of nitrogens with one attached hydrogen (secondary N) is 1. The fourth-order valence-electron chi connectivity index (χ4n) is 1.30. The molecule has 1 aromatic rings. The van der Waals surface area contributed by atoms with Crippen molar-refractivity contribution in [1.82, 2.24) is 0 Å². The zero-order valence-electron chi connectivity index (χ0n) is 9.84. The molecule has 1 rings (SSSR count). The summed E-state index contributed by atoms with van der Waals surface area (Å²) >= 11 is 0. The number of nitro benzene ring substituents is 1. The number of nitrogens with zero attached hydrogens (tertiary/aromatic N) is 1. The van der Waals surface area contributed by atoms with Crippen LogP contribution in [0.15, 0.2) is 18.2 Å². The number of hydrogen-bond donors (Lipinski definition) is 2. The van der Waals surface area contributed by atoms with Crippen molar-refractivity contribution >= 4 is 17.3 Å². The Labute approximate surface area is 104 Å². The summed E-state index contributed by atoms with van der Waals surface area (Å²) in [7, 11) is 0. The number of hydrogen-bond acceptors (Lipinski definition) is 4. The Kier molecular flexibility index (Phi) is 4.40. The molecule has 94 valence electrons. The fraction of sp³-hybridized carbons (Fsp3) is 0.250. The number of non-ortho nitro benzene ring substituents is 1. The van der Waals surface area contributed by atoms with Gasteiger partial charge in [0.1, 0.15) is 0 Å². The van der Waals surface area contributed by atoms with Crippen LogP contribution in [0.4, 0.5) is 11.4 Å². The van der Waals surface area contributed by atoms with Gasteiger partial charge in [0, 0.05) is 18.6 Å². The van der Waals surface area contributed by atoms with Crippen molar-refractivity contribution in [2.24, 2.45) is 5.73 Å². The average molecular weight is 247 g/mol. The maximum Gasteiger partial charge on any atom is 0.271 e. The molecule has 0 heterocycles. The quantitative estimate of drug-likeness (QED) is 0.474. The zero-order chi connectivity index (χ0) is 13.7. The lowest BCUT2D eigenvalue weighted by molar-refractivity contribution is -0.384. The second kappa shape index (κ2) is 5.80. The third-order valence-electron chi connectivity index (χ3n) is 2.36. The van der Waals surface area contributed by atoms with Crippen molar-refractivity contribution in [3.05, 3.63) is 33.9 Å². The number of nitrogens with two attached hydrogens (primary N) is 1. The van der Waals surface area contributed by atoms with Gasteiger partial charge in [0.05, 0.1) is 16.7 Å². The third-order valence-corrected chi connectivity index (χ3v) is 2.36. The van der Waals surface area contributed by atoms with Crippen LogP contribution in [-0.4, -0.2) is 16.9 Å². The zero-order valence-corrected chi connectivity index (χ0v) is 9.84. The fourth-order valence-corrected chi connectivity index (χ4v) is 1.30. The van der Waals surface area contributed by atoms with Crippen LogP contribution in [0.5, 0.6) is 0 Å². The van der Waals surface area contributed by atoms with Crippen LogP contribution in [-0.2, 0) is 4.79 Å². The van der Waals surface area contributed by atoms with E-state index in [1.807, 2.05) is 0 Å². The van der Waals surface area contributed by atoms with Crippen LogP contribution in [0.25, 0.3) is 0 Å². The Morgan fingerprint density at radius 2 is 2.33 bits per heavy atom. The van der Waals surface area contributed by atoms with E-state index in [4.69, 9.17) is 12.2 Å². The van der Waals surface area contributed by atoms with Crippen LogP contribution >= 0.6 is 0 Å². The molecule has 0 aliphatic rings. The van der Waals surface area contributed by atoms with Gasteiger partial charge in [-0.25, -0.2) is 0 Å². The summed E-state index contributed by atoms with van der Waals surface area (Å²) in [4.78, 5) is 21.7. The maximum absolute atomic E-state index is 11.6. The summed E-state index contributed by atoms with van der Waals surface area (Å²) in [6, 6.07) is 3.39. The maximum atomic E-state index is 11.6. The molecule has 1 aromatic carbocycles. The molecule has 6 heteroatoms. The predicted molar refractivity (Wildman–Crippen MR) is 67.9 cm³/mol. The van der Waals surface area contributed by atoms with Gasteiger partial charge in [-0.05, 0) is 12.5 Å². The van der Waals surface area contributed by atoms with E-state index in [1.165, 1.54) is 12.1 Å². The highest BCUT2D eigenvalue weighted by Crippen LogP contribution is 2.21. The number of terminal acetylenes is 1. The number of benzene rings is 1. The smallest absolute Gasteiger partial charge is 0.271 e. The average Bonchev–Trinajstić information content (AvgIpc) is 2.31. The Morgan fingerprint density at radius 3 is 2.89 bits per heavy atom. The lowest BCUT2D eigenvalue weighted by atomic mass is 10.1. The monoisotopic (exact) mass is 247 g/mol. The van der Waals surface area contributed by atoms with Gasteiger partial charge in [-0.1, -0.05) is 6.07 Å². The van der Waals surface area contributed by atoms with E-state index in [0.29, 0.717) is 11.3 Å². The minimum Gasteiger partial charge on any atom is -0.324 e. The molecular weight excluding hydrogens is 234 g/mol. The third kappa shape index (κ3) is 3.30. The van der Waals surface area contributed by atoms with E-state index in [-0.39, 0.29) is 12.1 Å². The van der Waals surface area contributed by atoms with Gasteiger partial charge in [0.15, 0.2) is 0 Å². The van der Waals surface area contributed by atoms with Gasteiger partial charge in [0.25, 0.3) is 5.69 Å². The van der Waals surface area contributed by atoms with Crippen LogP contribution in [0.1, 0.15) is 12.0 Å². The molecule has 0 aliphatic carbocycles. The predicted octanol–water partition coefficient (Wildman–Crippen LogP) is 1.19. The minimum atomic E-state index is -0.825. The molecule has 1 unspecified atom stereocenters. The second-order valence-corrected chi connectivity index (χ2v) is 3.76. The highest BCUT2D eigenvalue weighted by Gasteiger charge is 2.15. The Bertz CT molecular complexity index is 520. The molecule has 0 fully saturated rings. The van der Waals surface area contributed by atoms with Crippen molar-refractivity contribution < 1.29 is 9.72 Å². The molecule has 0 saturated heterocycles. The van der Waals surface area contributed by atoms with Crippen molar-refractivity contribution in [2.75, 3.05) is 5.32 Å². The first-order valence-electron chi connectivity index (χ1n) is 5.20. The largest absolute Gasteiger partial charge is 0.324 e. The summed E-state index contributed by atoms with van der Waals surface area (Å²) < 4.78 is 0. The highest BCUT2D eigenvalue weighted by molar-refractivity contribution is 5.95. The number of anilines is 1. The molecular formula is C12H13N3O3. The van der Waals surface area contributed by atoms with Gasteiger partial charge in [-0.3, -0.25) is 14.9 Å². The topological polar surface area (TPSA) is 98.3 Å². The molecule has 0 radical (unpaired) electrons. The number of aryl methyl sites for hydroxylation is 1. The Balaban J connectivity index is 2.90. The van der Waals surface area contributed by atoms with Gasteiger partial charge in [0.2, 0.25) is 5.91 Å². The molecule has 0 aliphatic heterocycles. The number of nitro groups is 1. The highest BCUT2D eigenvalue weighted by atomic mass is 16.6. The Morgan fingerprint density at radius 1 is 1.67 bits per heavy atom. The van der Waals surface area contributed by atoms with E-state index in [1.54, 1.807) is 13.0 Å².